The fourth-order valence-corrected chi connectivity index (χ4v) is 3.34. The van der Waals surface area contributed by atoms with Crippen LogP contribution in [-0.2, 0) is 5.60 Å². The summed E-state index contributed by atoms with van der Waals surface area (Å²) in [5.74, 6) is -0.655. The Morgan fingerprint density at radius 2 is 2.11 bits per heavy atom. The molecule has 2 saturated heterocycles. The molecule has 0 aromatic carbocycles. The number of nitrogens with one attached hydrogen (secondary N) is 1. The maximum absolute atomic E-state index is 13.7. The van der Waals surface area contributed by atoms with Gasteiger partial charge in [-0.3, -0.25) is 0 Å². The Labute approximate surface area is 111 Å². The van der Waals surface area contributed by atoms with Crippen molar-refractivity contribution < 1.29 is 9.50 Å². The van der Waals surface area contributed by atoms with E-state index >= 15 is 0 Å². The van der Waals surface area contributed by atoms with E-state index < -0.39 is 11.4 Å². The number of halogens is 1. The number of fused-ring (bicyclic) bond motifs is 2. The largest absolute Gasteiger partial charge is 0.385 e. The van der Waals surface area contributed by atoms with Crippen LogP contribution < -0.4 is 5.32 Å². The van der Waals surface area contributed by atoms with E-state index in [4.69, 9.17) is 5.26 Å². The van der Waals surface area contributed by atoms with Crippen molar-refractivity contribution in [3.05, 3.63) is 29.3 Å². The summed E-state index contributed by atoms with van der Waals surface area (Å²) in [4.78, 5) is 3.79. The summed E-state index contributed by atoms with van der Waals surface area (Å²) >= 11 is 0. The number of rotatable bonds is 1. The standard InChI is InChI=1S/C14H16FN3O/c15-12-4-9(8-17-13(12)7-16)14(19)5-10-2-1-3-11(6-14)18-10/h4,8,10-11,18-19H,1-3,5-6H2. The summed E-state index contributed by atoms with van der Waals surface area (Å²) in [5, 5.41) is 23.0. The molecule has 3 rings (SSSR count). The summed E-state index contributed by atoms with van der Waals surface area (Å²) in [6.45, 7) is 0. The van der Waals surface area contributed by atoms with Gasteiger partial charge in [0.25, 0.3) is 0 Å². The molecule has 2 fully saturated rings. The maximum atomic E-state index is 13.7. The number of hydrogen-bond acceptors (Lipinski definition) is 4. The van der Waals surface area contributed by atoms with Crippen LogP contribution in [0.4, 0.5) is 4.39 Å². The molecule has 3 heterocycles. The zero-order valence-corrected chi connectivity index (χ0v) is 10.6. The number of nitrogens with zero attached hydrogens (tertiary/aromatic N) is 2. The molecule has 100 valence electrons. The summed E-state index contributed by atoms with van der Waals surface area (Å²) in [7, 11) is 0. The molecular formula is C14H16FN3O. The fraction of sp³-hybridized carbons (Fsp3) is 0.571. The third kappa shape index (κ3) is 2.22. The highest BCUT2D eigenvalue weighted by Crippen LogP contribution is 2.39. The first-order valence-electron chi connectivity index (χ1n) is 6.65. The van der Waals surface area contributed by atoms with E-state index in [1.807, 2.05) is 0 Å². The molecule has 2 bridgehead atoms. The summed E-state index contributed by atoms with van der Waals surface area (Å²) in [6, 6.07) is 3.53. The van der Waals surface area contributed by atoms with Gasteiger partial charge in [0.2, 0.25) is 0 Å². The Morgan fingerprint density at radius 1 is 1.42 bits per heavy atom. The second kappa shape index (κ2) is 4.55. The predicted molar refractivity (Wildman–Crippen MR) is 66.6 cm³/mol. The van der Waals surface area contributed by atoms with Crippen molar-refractivity contribution in [1.82, 2.24) is 10.3 Å². The van der Waals surface area contributed by atoms with E-state index in [1.54, 1.807) is 6.07 Å². The van der Waals surface area contributed by atoms with Gasteiger partial charge in [0.05, 0.1) is 5.60 Å². The minimum atomic E-state index is -1.02. The second-order valence-corrected chi connectivity index (χ2v) is 5.60. The molecule has 5 heteroatoms. The Bertz CT molecular complexity index is 528. The molecule has 0 aliphatic carbocycles. The minimum Gasteiger partial charge on any atom is -0.385 e. The van der Waals surface area contributed by atoms with Crippen molar-refractivity contribution in [2.75, 3.05) is 0 Å². The molecule has 2 atom stereocenters. The minimum absolute atomic E-state index is 0.221. The molecule has 0 amide bonds. The fourth-order valence-electron chi connectivity index (χ4n) is 3.34. The average molecular weight is 261 g/mol. The van der Waals surface area contributed by atoms with Gasteiger partial charge in [-0.2, -0.15) is 5.26 Å². The van der Waals surface area contributed by atoms with Crippen LogP contribution in [0.25, 0.3) is 0 Å². The van der Waals surface area contributed by atoms with Crippen LogP contribution in [0.15, 0.2) is 12.3 Å². The molecule has 0 spiro atoms. The van der Waals surface area contributed by atoms with Crippen LogP contribution >= 0.6 is 0 Å². The summed E-state index contributed by atoms with van der Waals surface area (Å²) in [5.41, 5.74) is -0.757. The molecular weight excluding hydrogens is 245 g/mol. The van der Waals surface area contributed by atoms with Gasteiger partial charge in [0.15, 0.2) is 11.5 Å². The van der Waals surface area contributed by atoms with Crippen LogP contribution in [0.1, 0.15) is 43.4 Å². The van der Waals surface area contributed by atoms with Gasteiger partial charge < -0.3 is 10.4 Å². The molecule has 2 unspecified atom stereocenters. The third-order valence-electron chi connectivity index (χ3n) is 4.23. The molecule has 2 N–H and O–H groups in total. The van der Waals surface area contributed by atoms with E-state index in [0.717, 1.165) is 12.8 Å². The van der Waals surface area contributed by atoms with Crippen LogP contribution in [0.5, 0.6) is 0 Å². The lowest BCUT2D eigenvalue weighted by Gasteiger charge is -2.45. The smallest absolute Gasteiger partial charge is 0.176 e. The SMILES string of the molecule is N#Cc1ncc(C2(O)CC3CCCC(C2)N3)cc1F. The molecule has 1 aromatic heterocycles. The van der Waals surface area contributed by atoms with Crippen molar-refractivity contribution in [3.8, 4) is 6.07 Å². The van der Waals surface area contributed by atoms with Gasteiger partial charge in [-0.25, -0.2) is 9.37 Å². The first-order valence-corrected chi connectivity index (χ1v) is 6.65. The van der Waals surface area contributed by atoms with Gasteiger partial charge in [-0.05, 0) is 31.7 Å². The number of hydrogen-bond donors (Lipinski definition) is 2. The zero-order chi connectivity index (χ0) is 13.5. The Kier molecular flexibility index (Phi) is 3.00. The highest BCUT2D eigenvalue weighted by molar-refractivity contribution is 5.29. The number of aromatic nitrogens is 1. The molecule has 0 saturated carbocycles. The van der Waals surface area contributed by atoms with Crippen molar-refractivity contribution >= 4 is 0 Å². The molecule has 2 aliphatic rings. The molecule has 4 nitrogen and oxygen atoms in total. The van der Waals surface area contributed by atoms with Gasteiger partial charge >= 0.3 is 0 Å². The molecule has 19 heavy (non-hydrogen) atoms. The van der Waals surface area contributed by atoms with Crippen LogP contribution in [0.2, 0.25) is 0 Å². The van der Waals surface area contributed by atoms with Crippen LogP contribution in [-0.4, -0.2) is 22.2 Å². The second-order valence-electron chi connectivity index (χ2n) is 5.60. The van der Waals surface area contributed by atoms with E-state index in [2.05, 4.69) is 10.3 Å². The van der Waals surface area contributed by atoms with Crippen LogP contribution in [0.3, 0.4) is 0 Å². The Balaban J connectivity index is 1.92. The molecule has 1 aromatic rings. The van der Waals surface area contributed by atoms with Crippen molar-refractivity contribution in [3.63, 3.8) is 0 Å². The Hall–Kier alpha value is -1.51. The lowest BCUT2D eigenvalue weighted by Crippen LogP contribution is -2.54. The quantitative estimate of drug-likeness (QED) is 0.805. The van der Waals surface area contributed by atoms with Crippen molar-refractivity contribution in [2.24, 2.45) is 0 Å². The zero-order valence-electron chi connectivity index (χ0n) is 10.6. The first-order chi connectivity index (χ1) is 9.10. The van der Waals surface area contributed by atoms with E-state index in [9.17, 15) is 9.50 Å². The first kappa shape index (κ1) is 12.5. The number of aliphatic hydroxyl groups is 1. The third-order valence-corrected chi connectivity index (χ3v) is 4.23. The number of piperidine rings is 2. The van der Waals surface area contributed by atoms with Crippen molar-refractivity contribution in [1.29, 1.82) is 5.26 Å². The van der Waals surface area contributed by atoms with E-state index in [1.165, 1.54) is 18.7 Å². The summed E-state index contributed by atoms with van der Waals surface area (Å²) in [6.07, 6.45) is 5.87. The monoisotopic (exact) mass is 261 g/mol. The maximum Gasteiger partial charge on any atom is 0.176 e. The Morgan fingerprint density at radius 3 is 2.68 bits per heavy atom. The lowest BCUT2D eigenvalue weighted by molar-refractivity contribution is -0.0363. The topological polar surface area (TPSA) is 68.9 Å². The van der Waals surface area contributed by atoms with Crippen molar-refractivity contribution in [2.45, 2.75) is 49.8 Å². The number of nitriles is 1. The average Bonchev–Trinajstić information content (AvgIpc) is 2.38. The predicted octanol–water partition coefficient (Wildman–Crippen LogP) is 1.58. The van der Waals surface area contributed by atoms with Gasteiger partial charge in [-0.1, -0.05) is 6.42 Å². The lowest BCUT2D eigenvalue weighted by atomic mass is 9.74. The highest BCUT2D eigenvalue weighted by Gasteiger charge is 2.42. The molecule has 0 radical (unpaired) electrons. The van der Waals surface area contributed by atoms with E-state index in [-0.39, 0.29) is 17.8 Å². The van der Waals surface area contributed by atoms with Gasteiger partial charge in [-0.15, -0.1) is 0 Å². The highest BCUT2D eigenvalue weighted by atomic mass is 19.1. The molecule has 2 aliphatic heterocycles. The summed E-state index contributed by atoms with van der Waals surface area (Å²) < 4.78 is 13.7. The van der Waals surface area contributed by atoms with Gasteiger partial charge in [0, 0.05) is 23.8 Å². The number of pyridine rings is 1. The van der Waals surface area contributed by atoms with E-state index in [0.29, 0.717) is 18.4 Å². The van der Waals surface area contributed by atoms with Gasteiger partial charge in [0.1, 0.15) is 6.07 Å². The van der Waals surface area contributed by atoms with Crippen LogP contribution in [0, 0.1) is 17.1 Å². The normalized spacial score (nSPS) is 33.7.